The first-order valence-corrected chi connectivity index (χ1v) is 8.91. The number of rotatable bonds is 3. The number of anilines is 1. The van der Waals surface area contributed by atoms with Crippen LogP contribution in [0.2, 0.25) is 0 Å². The van der Waals surface area contributed by atoms with Crippen molar-refractivity contribution >= 4 is 47.6 Å². The molecule has 6 heteroatoms. The number of halogens is 2. The second-order valence-corrected chi connectivity index (χ2v) is 7.89. The summed E-state index contributed by atoms with van der Waals surface area (Å²) in [7, 11) is -3.58. The first kappa shape index (κ1) is 15.5. The molecule has 0 aromatic heterocycles. The molecule has 0 bridgehead atoms. The van der Waals surface area contributed by atoms with Crippen LogP contribution >= 0.6 is 31.9 Å². The highest BCUT2D eigenvalue weighted by atomic mass is 79.9. The minimum atomic E-state index is -3.58. The summed E-state index contributed by atoms with van der Waals surface area (Å²) >= 11 is 6.77. The van der Waals surface area contributed by atoms with E-state index in [9.17, 15) is 8.42 Å². The van der Waals surface area contributed by atoms with E-state index in [1.807, 2.05) is 19.9 Å². The quantitative estimate of drug-likeness (QED) is 0.789. The van der Waals surface area contributed by atoms with E-state index < -0.39 is 10.0 Å². The molecule has 0 saturated carbocycles. The van der Waals surface area contributed by atoms with E-state index in [4.69, 9.17) is 0 Å². The summed E-state index contributed by atoms with van der Waals surface area (Å²) < 4.78 is 28.8. The molecule has 2 rings (SSSR count). The summed E-state index contributed by atoms with van der Waals surface area (Å²) in [4.78, 5) is 0.246. The minimum Gasteiger partial charge on any atom is -0.278 e. The van der Waals surface area contributed by atoms with Crippen molar-refractivity contribution in [3.05, 3.63) is 56.5 Å². The molecule has 0 fully saturated rings. The van der Waals surface area contributed by atoms with Crippen molar-refractivity contribution in [1.29, 1.82) is 0 Å². The van der Waals surface area contributed by atoms with E-state index in [-0.39, 0.29) is 4.90 Å². The van der Waals surface area contributed by atoms with E-state index in [0.29, 0.717) is 10.2 Å². The van der Waals surface area contributed by atoms with Gasteiger partial charge in [0, 0.05) is 8.95 Å². The zero-order valence-electron chi connectivity index (χ0n) is 10.9. The van der Waals surface area contributed by atoms with Crippen molar-refractivity contribution in [1.82, 2.24) is 0 Å². The molecule has 20 heavy (non-hydrogen) atoms. The molecule has 0 radical (unpaired) electrons. The highest BCUT2D eigenvalue weighted by molar-refractivity contribution is 9.11. The van der Waals surface area contributed by atoms with E-state index in [2.05, 4.69) is 36.6 Å². The Kier molecular flexibility index (Phi) is 4.56. The van der Waals surface area contributed by atoms with E-state index in [1.54, 1.807) is 30.3 Å². The summed E-state index contributed by atoms with van der Waals surface area (Å²) in [5.41, 5.74) is 2.49. The lowest BCUT2D eigenvalue weighted by molar-refractivity contribution is 0.601. The van der Waals surface area contributed by atoms with Crippen LogP contribution in [0.25, 0.3) is 0 Å². The highest BCUT2D eigenvalue weighted by Gasteiger charge is 2.16. The summed E-state index contributed by atoms with van der Waals surface area (Å²) in [6, 6.07) is 10.3. The molecular formula is C14H13Br2NO2S. The average Bonchev–Trinajstić information content (AvgIpc) is 2.36. The number of aryl methyl sites for hydroxylation is 2. The molecule has 106 valence electrons. The Bertz CT molecular complexity index is 741. The largest absolute Gasteiger partial charge is 0.278 e. The van der Waals surface area contributed by atoms with Gasteiger partial charge in [0.2, 0.25) is 0 Å². The molecule has 0 aliphatic carbocycles. The lowest BCUT2D eigenvalue weighted by atomic mass is 10.2. The van der Waals surface area contributed by atoms with Crippen LogP contribution < -0.4 is 4.72 Å². The van der Waals surface area contributed by atoms with Gasteiger partial charge in [-0.15, -0.1) is 0 Å². The number of nitrogens with one attached hydrogen (secondary N) is 1. The van der Waals surface area contributed by atoms with Gasteiger partial charge >= 0.3 is 0 Å². The average molecular weight is 419 g/mol. The minimum absolute atomic E-state index is 0.246. The van der Waals surface area contributed by atoms with Gasteiger partial charge in [-0.3, -0.25) is 4.72 Å². The van der Waals surface area contributed by atoms with E-state index in [0.717, 1.165) is 15.6 Å². The number of sulfonamides is 1. The molecule has 1 N–H and O–H groups in total. The molecule has 0 aliphatic rings. The van der Waals surface area contributed by atoms with Gasteiger partial charge in [0.05, 0.1) is 10.6 Å². The van der Waals surface area contributed by atoms with Crippen molar-refractivity contribution in [2.45, 2.75) is 18.7 Å². The van der Waals surface area contributed by atoms with E-state index in [1.165, 1.54) is 0 Å². The van der Waals surface area contributed by atoms with Crippen molar-refractivity contribution in [3.8, 4) is 0 Å². The zero-order chi connectivity index (χ0) is 14.9. The van der Waals surface area contributed by atoms with Crippen LogP contribution in [0.4, 0.5) is 5.69 Å². The van der Waals surface area contributed by atoms with Crippen LogP contribution in [0.1, 0.15) is 11.1 Å². The summed E-state index contributed by atoms with van der Waals surface area (Å²) in [5, 5.41) is 0. The molecule has 0 atom stereocenters. The number of benzene rings is 2. The third-order valence-corrected chi connectivity index (χ3v) is 5.72. The Hall–Kier alpha value is -0.850. The van der Waals surface area contributed by atoms with Crippen molar-refractivity contribution in [2.75, 3.05) is 4.72 Å². The molecule has 0 unspecified atom stereocenters. The number of hydrogen-bond donors (Lipinski definition) is 1. The van der Waals surface area contributed by atoms with E-state index >= 15 is 0 Å². The SMILES string of the molecule is Cc1ccc(S(=O)(=O)Nc2cc(C)c(Br)cc2Br)cc1. The van der Waals surface area contributed by atoms with Gasteiger partial charge < -0.3 is 0 Å². The van der Waals surface area contributed by atoms with Gasteiger partial charge in [-0.2, -0.15) is 0 Å². The fraction of sp³-hybridized carbons (Fsp3) is 0.143. The molecule has 2 aromatic carbocycles. The molecular weight excluding hydrogens is 406 g/mol. The zero-order valence-corrected chi connectivity index (χ0v) is 14.9. The van der Waals surface area contributed by atoms with Crippen molar-refractivity contribution in [3.63, 3.8) is 0 Å². The Morgan fingerprint density at radius 2 is 1.55 bits per heavy atom. The standard InChI is InChI=1S/C14H13Br2NO2S/c1-9-3-5-11(6-4-9)20(18,19)17-14-7-10(2)12(15)8-13(14)16/h3-8,17H,1-2H3. The lowest BCUT2D eigenvalue weighted by Gasteiger charge is -2.11. The van der Waals surface area contributed by atoms with Gasteiger partial charge in [-0.25, -0.2) is 8.42 Å². The highest BCUT2D eigenvalue weighted by Crippen LogP contribution is 2.31. The molecule has 0 aliphatic heterocycles. The lowest BCUT2D eigenvalue weighted by Crippen LogP contribution is -2.13. The first-order valence-electron chi connectivity index (χ1n) is 5.85. The van der Waals surface area contributed by atoms with Crippen LogP contribution in [-0.2, 0) is 10.0 Å². The van der Waals surface area contributed by atoms with Gasteiger partial charge in [-0.05, 0) is 59.6 Å². The third kappa shape index (κ3) is 3.42. The Morgan fingerprint density at radius 3 is 2.15 bits per heavy atom. The Morgan fingerprint density at radius 1 is 0.950 bits per heavy atom. The molecule has 0 amide bonds. The van der Waals surface area contributed by atoms with Crippen LogP contribution in [0.3, 0.4) is 0 Å². The maximum absolute atomic E-state index is 12.3. The first-order chi connectivity index (χ1) is 9.29. The molecule has 0 spiro atoms. The molecule has 0 heterocycles. The fourth-order valence-electron chi connectivity index (χ4n) is 1.66. The van der Waals surface area contributed by atoms with Crippen LogP contribution in [0.15, 0.2) is 50.2 Å². The van der Waals surface area contributed by atoms with Crippen LogP contribution in [0, 0.1) is 13.8 Å². The maximum atomic E-state index is 12.3. The predicted octanol–water partition coefficient (Wildman–Crippen LogP) is 4.63. The number of hydrogen-bond acceptors (Lipinski definition) is 2. The normalized spacial score (nSPS) is 11.4. The fourth-order valence-corrected chi connectivity index (χ4v) is 3.95. The second-order valence-electron chi connectivity index (χ2n) is 4.50. The van der Waals surface area contributed by atoms with Crippen molar-refractivity contribution in [2.24, 2.45) is 0 Å². The summed E-state index contributed by atoms with van der Waals surface area (Å²) in [6.45, 7) is 3.82. The van der Waals surface area contributed by atoms with Gasteiger partial charge in [0.15, 0.2) is 0 Å². The van der Waals surface area contributed by atoms with Crippen LogP contribution in [0.5, 0.6) is 0 Å². The Labute approximate surface area is 135 Å². The topological polar surface area (TPSA) is 46.2 Å². The Balaban J connectivity index is 2.38. The third-order valence-electron chi connectivity index (χ3n) is 2.82. The molecule has 0 saturated heterocycles. The summed E-state index contributed by atoms with van der Waals surface area (Å²) in [6.07, 6.45) is 0. The van der Waals surface area contributed by atoms with Crippen molar-refractivity contribution < 1.29 is 8.42 Å². The van der Waals surface area contributed by atoms with Gasteiger partial charge in [-0.1, -0.05) is 33.6 Å². The van der Waals surface area contributed by atoms with Gasteiger partial charge in [0.1, 0.15) is 0 Å². The smallest absolute Gasteiger partial charge is 0.261 e. The molecule has 3 nitrogen and oxygen atoms in total. The van der Waals surface area contributed by atoms with Crippen LogP contribution in [-0.4, -0.2) is 8.42 Å². The second kappa shape index (κ2) is 5.87. The summed E-state index contributed by atoms with van der Waals surface area (Å²) in [5.74, 6) is 0. The predicted molar refractivity (Wildman–Crippen MR) is 88.6 cm³/mol. The maximum Gasteiger partial charge on any atom is 0.261 e. The van der Waals surface area contributed by atoms with Gasteiger partial charge in [0.25, 0.3) is 10.0 Å². The monoisotopic (exact) mass is 417 g/mol. The molecule has 2 aromatic rings.